The van der Waals surface area contributed by atoms with Crippen LogP contribution in [0.3, 0.4) is 0 Å². The third-order valence-electron chi connectivity index (χ3n) is 4.03. The smallest absolute Gasteiger partial charge is 0.237 e. The number of hydrogen-bond acceptors (Lipinski definition) is 3. The molecular formula is C15H31N3O. The van der Waals surface area contributed by atoms with Gasteiger partial charge in [0.15, 0.2) is 0 Å². The highest BCUT2D eigenvalue weighted by Crippen LogP contribution is 2.08. The van der Waals surface area contributed by atoms with Gasteiger partial charge in [0, 0.05) is 12.6 Å². The molecule has 1 heterocycles. The monoisotopic (exact) mass is 269 g/mol. The first-order valence-electron chi connectivity index (χ1n) is 7.93. The van der Waals surface area contributed by atoms with Gasteiger partial charge in [0.1, 0.15) is 0 Å². The maximum absolute atomic E-state index is 11.8. The van der Waals surface area contributed by atoms with E-state index in [1.165, 1.54) is 6.42 Å². The van der Waals surface area contributed by atoms with Crippen LogP contribution in [-0.2, 0) is 4.79 Å². The molecule has 112 valence electrons. The summed E-state index contributed by atoms with van der Waals surface area (Å²) in [7, 11) is 0. The van der Waals surface area contributed by atoms with Gasteiger partial charge < -0.3 is 15.5 Å². The zero-order chi connectivity index (χ0) is 14.1. The van der Waals surface area contributed by atoms with E-state index in [-0.39, 0.29) is 11.9 Å². The molecule has 0 aromatic carbocycles. The van der Waals surface area contributed by atoms with Gasteiger partial charge in [-0.15, -0.1) is 0 Å². The van der Waals surface area contributed by atoms with Crippen LogP contribution >= 0.6 is 0 Å². The Hall–Kier alpha value is -0.610. The largest absolute Gasteiger partial charge is 0.355 e. The minimum atomic E-state index is 0.0194. The second-order valence-corrected chi connectivity index (χ2v) is 5.58. The van der Waals surface area contributed by atoms with Crippen molar-refractivity contribution in [1.82, 2.24) is 15.5 Å². The minimum absolute atomic E-state index is 0.0194. The summed E-state index contributed by atoms with van der Waals surface area (Å²) in [5, 5.41) is 6.47. The molecule has 0 aliphatic carbocycles. The summed E-state index contributed by atoms with van der Waals surface area (Å²) in [6.07, 6.45) is 5.57. The van der Waals surface area contributed by atoms with Crippen LogP contribution in [-0.4, -0.2) is 49.1 Å². The van der Waals surface area contributed by atoms with Gasteiger partial charge in [-0.3, -0.25) is 4.79 Å². The molecule has 0 aromatic heterocycles. The van der Waals surface area contributed by atoms with Crippen LogP contribution in [0, 0.1) is 0 Å². The Morgan fingerprint density at radius 1 is 1.37 bits per heavy atom. The molecule has 2 N–H and O–H groups in total. The van der Waals surface area contributed by atoms with Gasteiger partial charge in [-0.25, -0.2) is 0 Å². The zero-order valence-electron chi connectivity index (χ0n) is 12.9. The van der Waals surface area contributed by atoms with E-state index in [9.17, 15) is 4.79 Å². The molecule has 1 saturated heterocycles. The normalized spacial score (nSPS) is 22.1. The molecule has 1 aliphatic rings. The molecular weight excluding hydrogens is 238 g/mol. The van der Waals surface area contributed by atoms with Gasteiger partial charge >= 0.3 is 0 Å². The van der Waals surface area contributed by atoms with E-state index in [0.717, 1.165) is 51.9 Å². The first-order valence-corrected chi connectivity index (χ1v) is 7.93. The van der Waals surface area contributed by atoms with Crippen LogP contribution in [0.4, 0.5) is 0 Å². The van der Waals surface area contributed by atoms with E-state index in [1.807, 2.05) is 0 Å². The standard InChI is InChI=1S/C15H31N3O/c1-4-18(5-2)12-8-9-13(3)17-14-10-6-7-11-16-15(14)19/h13-14,17H,4-12H2,1-3H3,(H,16,19). The molecule has 0 aromatic rings. The van der Waals surface area contributed by atoms with Gasteiger partial charge in [-0.1, -0.05) is 13.8 Å². The van der Waals surface area contributed by atoms with E-state index < -0.39 is 0 Å². The summed E-state index contributed by atoms with van der Waals surface area (Å²) in [6.45, 7) is 10.9. The maximum atomic E-state index is 11.8. The van der Waals surface area contributed by atoms with E-state index in [4.69, 9.17) is 0 Å². The molecule has 4 heteroatoms. The third-order valence-corrected chi connectivity index (χ3v) is 4.03. The van der Waals surface area contributed by atoms with Crippen LogP contribution in [0.15, 0.2) is 0 Å². The Kier molecular flexibility index (Phi) is 8.07. The summed E-state index contributed by atoms with van der Waals surface area (Å²) in [5.41, 5.74) is 0. The van der Waals surface area contributed by atoms with Gasteiger partial charge in [-0.2, -0.15) is 0 Å². The van der Waals surface area contributed by atoms with Crippen LogP contribution in [0.5, 0.6) is 0 Å². The first-order chi connectivity index (χ1) is 9.17. The molecule has 19 heavy (non-hydrogen) atoms. The van der Waals surface area contributed by atoms with E-state index >= 15 is 0 Å². The van der Waals surface area contributed by atoms with Crippen molar-refractivity contribution in [1.29, 1.82) is 0 Å². The molecule has 1 rings (SSSR count). The van der Waals surface area contributed by atoms with E-state index in [1.54, 1.807) is 0 Å². The van der Waals surface area contributed by atoms with E-state index in [2.05, 4.69) is 36.3 Å². The third kappa shape index (κ3) is 6.39. The fourth-order valence-corrected chi connectivity index (χ4v) is 2.69. The quantitative estimate of drug-likeness (QED) is 0.706. The van der Waals surface area contributed by atoms with Crippen molar-refractivity contribution in [2.45, 2.75) is 65.0 Å². The average molecular weight is 269 g/mol. The number of amides is 1. The summed E-state index contributed by atoms with van der Waals surface area (Å²) in [4.78, 5) is 14.3. The van der Waals surface area contributed by atoms with Crippen molar-refractivity contribution in [3.05, 3.63) is 0 Å². The molecule has 0 bridgehead atoms. The van der Waals surface area contributed by atoms with Crippen molar-refractivity contribution in [2.24, 2.45) is 0 Å². The Morgan fingerprint density at radius 2 is 2.11 bits per heavy atom. The molecule has 2 atom stereocenters. The molecule has 0 spiro atoms. The van der Waals surface area contributed by atoms with E-state index in [0.29, 0.717) is 6.04 Å². The van der Waals surface area contributed by atoms with Crippen molar-refractivity contribution >= 4 is 5.91 Å². The van der Waals surface area contributed by atoms with Gasteiger partial charge in [-0.05, 0) is 58.7 Å². The Labute approximate surface area is 118 Å². The molecule has 4 nitrogen and oxygen atoms in total. The number of rotatable bonds is 8. The van der Waals surface area contributed by atoms with Crippen LogP contribution in [0.1, 0.15) is 52.9 Å². The molecule has 1 fully saturated rings. The SMILES string of the molecule is CCN(CC)CCCC(C)NC1CCCCNC1=O. The summed E-state index contributed by atoms with van der Waals surface area (Å²) < 4.78 is 0. The van der Waals surface area contributed by atoms with Crippen LogP contribution < -0.4 is 10.6 Å². The van der Waals surface area contributed by atoms with Gasteiger partial charge in [0.2, 0.25) is 5.91 Å². The zero-order valence-corrected chi connectivity index (χ0v) is 12.9. The van der Waals surface area contributed by atoms with Crippen LogP contribution in [0.2, 0.25) is 0 Å². The Balaban J connectivity index is 2.22. The molecule has 1 aliphatic heterocycles. The number of carbonyl (C=O) groups is 1. The fraction of sp³-hybridized carbons (Fsp3) is 0.933. The molecule has 0 radical (unpaired) electrons. The summed E-state index contributed by atoms with van der Waals surface area (Å²) in [5.74, 6) is 0.188. The van der Waals surface area contributed by atoms with Gasteiger partial charge in [0.25, 0.3) is 0 Å². The second kappa shape index (κ2) is 9.32. The van der Waals surface area contributed by atoms with Crippen LogP contribution in [0.25, 0.3) is 0 Å². The number of hydrogen-bond donors (Lipinski definition) is 2. The predicted octanol–water partition coefficient (Wildman–Crippen LogP) is 1.76. The lowest BCUT2D eigenvalue weighted by Gasteiger charge is -2.23. The number of nitrogens with one attached hydrogen (secondary N) is 2. The molecule has 1 amide bonds. The minimum Gasteiger partial charge on any atom is -0.355 e. The Morgan fingerprint density at radius 3 is 2.79 bits per heavy atom. The second-order valence-electron chi connectivity index (χ2n) is 5.58. The fourth-order valence-electron chi connectivity index (χ4n) is 2.69. The number of nitrogens with zero attached hydrogens (tertiary/aromatic N) is 1. The topological polar surface area (TPSA) is 44.4 Å². The lowest BCUT2D eigenvalue weighted by atomic mass is 10.1. The first kappa shape index (κ1) is 16.4. The highest BCUT2D eigenvalue weighted by Gasteiger charge is 2.21. The van der Waals surface area contributed by atoms with Crippen molar-refractivity contribution in [3.8, 4) is 0 Å². The molecule has 0 saturated carbocycles. The lowest BCUT2D eigenvalue weighted by molar-refractivity contribution is -0.123. The lowest BCUT2D eigenvalue weighted by Crippen LogP contribution is -2.46. The highest BCUT2D eigenvalue weighted by atomic mass is 16.2. The van der Waals surface area contributed by atoms with Crippen molar-refractivity contribution in [2.75, 3.05) is 26.2 Å². The average Bonchev–Trinajstić information content (AvgIpc) is 2.60. The highest BCUT2D eigenvalue weighted by molar-refractivity contribution is 5.81. The number of carbonyl (C=O) groups excluding carboxylic acids is 1. The Bertz CT molecular complexity index is 254. The van der Waals surface area contributed by atoms with Gasteiger partial charge in [0.05, 0.1) is 6.04 Å². The van der Waals surface area contributed by atoms with Crippen molar-refractivity contribution < 1.29 is 4.79 Å². The summed E-state index contributed by atoms with van der Waals surface area (Å²) >= 11 is 0. The molecule has 2 unspecified atom stereocenters. The summed E-state index contributed by atoms with van der Waals surface area (Å²) in [6, 6.07) is 0.440. The predicted molar refractivity (Wildman–Crippen MR) is 80.3 cm³/mol. The maximum Gasteiger partial charge on any atom is 0.237 e. The van der Waals surface area contributed by atoms with Crippen molar-refractivity contribution in [3.63, 3.8) is 0 Å².